The molecule has 0 aliphatic rings. The molecule has 0 saturated carbocycles. The Labute approximate surface area is 145 Å². The fourth-order valence-electron chi connectivity index (χ4n) is 1.65. The predicted octanol–water partition coefficient (Wildman–Crippen LogP) is 3.01. The summed E-state index contributed by atoms with van der Waals surface area (Å²) in [7, 11) is 1.77. The number of unbranched alkanes of at least 4 members (excludes halogenated alkanes) is 1. The number of ether oxygens (including phenoxy) is 2. The number of halogens is 1. The Kier molecular flexibility index (Phi) is 11.4. The number of nitrogens with zero attached hydrogens (tertiary/aromatic N) is 1. The molecular formula is C15H26BrN3O2S. The van der Waals surface area contributed by atoms with E-state index in [1.807, 2.05) is 0 Å². The largest absolute Gasteiger partial charge is 0.379 e. The first-order valence-electron chi connectivity index (χ1n) is 7.59. The van der Waals surface area contributed by atoms with Crippen LogP contribution in [0.5, 0.6) is 0 Å². The lowest BCUT2D eigenvalue weighted by molar-refractivity contribution is 0.0487. The highest BCUT2D eigenvalue weighted by molar-refractivity contribution is 9.10. The Morgan fingerprint density at radius 3 is 2.64 bits per heavy atom. The Morgan fingerprint density at radius 1 is 1.23 bits per heavy atom. The summed E-state index contributed by atoms with van der Waals surface area (Å²) in [6, 6.07) is 2.10. The number of hydrogen-bond acceptors (Lipinski definition) is 4. The second-order valence-corrected chi connectivity index (χ2v) is 6.57. The van der Waals surface area contributed by atoms with Crippen molar-refractivity contribution < 1.29 is 9.47 Å². The first-order valence-corrected chi connectivity index (χ1v) is 9.26. The first-order chi connectivity index (χ1) is 10.8. The van der Waals surface area contributed by atoms with Crippen LogP contribution in [0.1, 0.15) is 24.6 Å². The van der Waals surface area contributed by atoms with Gasteiger partial charge in [0.1, 0.15) is 0 Å². The van der Waals surface area contributed by atoms with Crippen molar-refractivity contribution in [3.63, 3.8) is 0 Å². The fraction of sp³-hybridized carbons (Fsp3) is 0.667. The zero-order valence-corrected chi connectivity index (χ0v) is 15.8. The van der Waals surface area contributed by atoms with Gasteiger partial charge >= 0.3 is 0 Å². The summed E-state index contributed by atoms with van der Waals surface area (Å²) >= 11 is 5.17. The van der Waals surface area contributed by atoms with Crippen LogP contribution < -0.4 is 10.6 Å². The van der Waals surface area contributed by atoms with E-state index in [4.69, 9.17) is 9.47 Å². The standard InChI is InChI=1S/C15H26BrN3O2S/c1-3-4-6-20-8-9-21-7-5-18-15(17-2)19-11-14-10-13(16)12-22-14/h10,12H,3-9,11H2,1-2H3,(H2,17,18,19). The minimum absolute atomic E-state index is 0.640. The van der Waals surface area contributed by atoms with Crippen LogP contribution in [0.3, 0.4) is 0 Å². The third-order valence-corrected chi connectivity index (χ3v) is 4.53. The Morgan fingerprint density at radius 2 is 2.00 bits per heavy atom. The maximum absolute atomic E-state index is 5.50. The van der Waals surface area contributed by atoms with Crippen LogP contribution in [0.25, 0.3) is 0 Å². The molecule has 7 heteroatoms. The maximum atomic E-state index is 5.50. The van der Waals surface area contributed by atoms with Crippen LogP contribution in [-0.2, 0) is 16.0 Å². The van der Waals surface area contributed by atoms with Gasteiger partial charge in [-0.3, -0.25) is 4.99 Å². The molecule has 0 aliphatic heterocycles. The normalized spacial score (nSPS) is 11.7. The molecule has 0 radical (unpaired) electrons. The molecule has 22 heavy (non-hydrogen) atoms. The molecular weight excluding hydrogens is 366 g/mol. The Hall–Kier alpha value is -0.630. The van der Waals surface area contributed by atoms with Gasteiger partial charge in [0.15, 0.2) is 5.96 Å². The van der Waals surface area contributed by atoms with Gasteiger partial charge < -0.3 is 20.1 Å². The molecule has 0 unspecified atom stereocenters. The third kappa shape index (κ3) is 9.40. The van der Waals surface area contributed by atoms with Crippen LogP contribution in [-0.4, -0.2) is 46.0 Å². The average molecular weight is 392 g/mol. The Balaban J connectivity index is 2.00. The van der Waals surface area contributed by atoms with E-state index in [9.17, 15) is 0 Å². The van der Waals surface area contributed by atoms with Crippen molar-refractivity contribution in [3.8, 4) is 0 Å². The van der Waals surface area contributed by atoms with Crippen LogP contribution >= 0.6 is 27.3 Å². The van der Waals surface area contributed by atoms with Crippen molar-refractivity contribution in [2.75, 3.05) is 40.0 Å². The molecule has 0 saturated heterocycles. The number of hydrogen-bond donors (Lipinski definition) is 2. The minimum atomic E-state index is 0.640. The van der Waals surface area contributed by atoms with Crippen molar-refractivity contribution in [3.05, 3.63) is 20.8 Å². The highest BCUT2D eigenvalue weighted by Gasteiger charge is 2.00. The monoisotopic (exact) mass is 391 g/mol. The van der Waals surface area contributed by atoms with Gasteiger partial charge in [-0.1, -0.05) is 13.3 Å². The fourth-order valence-corrected chi connectivity index (χ4v) is 3.04. The molecule has 1 heterocycles. The molecule has 126 valence electrons. The zero-order chi connectivity index (χ0) is 16.0. The molecule has 1 rings (SSSR count). The van der Waals surface area contributed by atoms with E-state index >= 15 is 0 Å². The lowest BCUT2D eigenvalue weighted by Gasteiger charge is -2.11. The van der Waals surface area contributed by atoms with Gasteiger partial charge in [-0.05, 0) is 28.4 Å². The first kappa shape index (κ1) is 19.4. The highest BCUT2D eigenvalue weighted by Crippen LogP contribution is 2.19. The van der Waals surface area contributed by atoms with Crippen molar-refractivity contribution >= 4 is 33.2 Å². The number of aliphatic imine (C=N–C) groups is 1. The molecule has 1 aromatic heterocycles. The summed E-state index contributed by atoms with van der Waals surface area (Å²) in [4.78, 5) is 5.44. The quantitative estimate of drug-likeness (QED) is 0.345. The number of nitrogens with one attached hydrogen (secondary N) is 2. The van der Waals surface area contributed by atoms with Gasteiger partial charge in [-0.2, -0.15) is 0 Å². The van der Waals surface area contributed by atoms with Gasteiger partial charge in [-0.25, -0.2) is 0 Å². The van der Waals surface area contributed by atoms with E-state index in [0.717, 1.165) is 36.5 Å². The van der Waals surface area contributed by atoms with Gasteiger partial charge in [0, 0.05) is 34.9 Å². The SMILES string of the molecule is CCCCOCCOCCNC(=NC)NCc1cc(Br)cs1. The molecule has 2 N–H and O–H groups in total. The number of thiophene rings is 1. The van der Waals surface area contributed by atoms with Gasteiger partial charge in [0.2, 0.25) is 0 Å². The molecule has 0 aromatic carbocycles. The van der Waals surface area contributed by atoms with Crippen molar-refractivity contribution in [1.82, 2.24) is 10.6 Å². The van der Waals surface area contributed by atoms with Crippen molar-refractivity contribution in [1.29, 1.82) is 0 Å². The van der Waals surface area contributed by atoms with E-state index < -0.39 is 0 Å². The second-order valence-electron chi connectivity index (χ2n) is 4.66. The average Bonchev–Trinajstić information content (AvgIpc) is 2.94. The second kappa shape index (κ2) is 12.9. The number of rotatable bonds is 11. The van der Waals surface area contributed by atoms with Gasteiger partial charge in [0.25, 0.3) is 0 Å². The van der Waals surface area contributed by atoms with Crippen molar-refractivity contribution in [2.24, 2.45) is 4.99 Å². The van der Waals surface area contributed by atoms with E-state index in [0.29, 0.717) is 19.8 Å². The van der Waals surface area contributed by atoms with Crippen molar-refractivity contribution in [2.45, 2.75) is 26.3 Å². The summed E-state index contributed by atoms with van der Waals surface area (Å²) in [5, 5.41) is 8.57. The van der Waals surface area contributed by atoms with E-state index in [2.05, 4.69) is 49.9 Å². The topological polar surface area (TPSA) is 54.9 Å². The molecule has 1 aromatic rings. The number of guanidine groups is 1. The molecule has 0 amide bonds. The molecule has 5 nitrogen and oxygen atoms in total. The molecule has 0 bridgehead atoms. The maximum Gasteiger partial charge on any atom is 0.191 e. The van der Waals surface area contributed by atoms with E-state index in [-0.39, 0.29) is 0 Å². The third-order valence-electron chi connectivity index (χ3n) is 2.83. The molecule has 0 fully saturated rings. The van der Waals surface area contributed by atoms with E-state index in [1.54, 1.807) is 18.4 Å². The van der Waals surface area contributed by atoms with Crippen LogP contribution in [0.15, 0.2) is 20.9 Å². The summed E-state index contributed by atoms with van der Waals surface area (Å²) in [6.45, 7) is 6.42. The molecule has 0 aliphatic carbocycles. The lowest BCUT2D eigenvalue weighted by Crippen LogP contribution is -2.38. The smallest absolute Gasteiger partial charge is 0.191 e. The van der Waals surface area contributed by atoms with Crippen LogP contribution in [0.4, 0.5) is 0 Å². The van der Waals surface area contributed by atoms with Gasteiger partial charge in [-0.15, -0.1) is 11.3 Å². The van der Waals surface area contributed by atoms with Crippen LogP contribution in [0.2, 0.25) is 0 Å². The van der Waals surface area contributed by atoms with Crippen LogP contribution in [0, 0.1) is 0 Å². The zero-order valence-electron chi connectivity index (χ0n) is 13.4. The summed E-state index contributed by atoms with van der Waals surface area (Å²) in [6.07, 6.45) is 2.28. The predicted molar refractivity (Wildman–Crippen MR) is 96.8 cm³/mol. The molecule has 0 spiro atoms. The summed E-state index contributed by atoms with van der Waals surface area (Å²) < 4.78 is 12.0. The molecule has 0 atom stereocenters. The van der Waals surface area contributed by atoms with Gasteiger partial charge in [0.05, 0.1) is 26.4 Å². The van der Waals surface area contributed by atoms with E-state index in [1.165, 1.54) is 11.3 Å². The summed E-state index contributed by atoms with van der Waals surface area (Å²) in [5.41, 5.74) is 0. The minimum Gasteiger partial charge on any atom is -0.379 e. The highest BCUT2D eigenvalue weighted by atomic mass is 79.9. The lowest BCUT2D eigenvalue weighted by atomic mass is 10.4. The Bertz CT molecular complexity index is 427. The summed E-state index contributed by atoms with van der Waals surface area (Å²) in [5.74, 6) is 0.785.